The maximum Gasteiger partial charge on any atom is 0.324 e. The Labute approximate surface area is 194 Å². The van der Waals surface area contributed by atoms with Gasteiger partial charge in [-0.2, -0.15) is 0 Å². The second kappa shape index (κ2) is 10.9. The molecule has 0 amide bonds. The van der Waals surface area contributed by atoms with E-state index in [1.54, 1.807) is 38.1 Å². The lowest BCUT2D eigenvalue weighted by atomic mass is 9.88. The standard InChI is InChI=1S/C24H24BrNO6/c1-3-30-23(28)20(24(29)31-4-2)22-17(14-26-13-15-9-5-7-11-18(15)25)21(27)16-10-6-8-12-19(16)32-22/h5-12,14,20,22,26H,3-4,13H2,1-2H3/b17-14+. The Kier molecular flexibility index (Phi) is 8.05. The molecule has 0 fully saturated rings. The Morgan fingerprint density at radius 1 is 1.06 bits per heavy atom. The number of Topliss-reactive ketones (excluding diaryl/α,β-unsaturated/α-hetero) is 1. The first-order valence-corrected chi connectivity index (χ1v) is 11.1. The third kappa shape index (κ3) is 5.19. The average molecular weight is 502 g/mol. The zero-order valence-corrected chi connectivity index (χ0v) is 19.4. The van der Waals surface area contributed by atoms with Crippen LogP contribution in [0.2, 0.25) is 0 Å². The van der Waals surface area contributed by atoms with Gasteiger partial charge in [0.05, 0.1) is 24.4 Å². The van der Waals surface area contributed by atoms with Crippen molar-refractivity contribution < 1.29 is 28.6 Å². The van der Waals surface area contributed by atoms with Crippen molar-refractivity contribution in [2.45, 2.75) is 26.5 Å². The summed E-state index contributed by atoms with van der Waals surface area (Å²) in [5.74, 6) is -3.09. The lowest BCUT2D eigenvalue weighted by Crippen LogP contribution is -2.46. The summed E-state index contributed by atoms with van der Waals surface area (Å²) < 4.78 is 17.1. The van der Waals surface area contributed by atoms with E-state index >= 15 is 0 Å². The van der Waals surface area contributed by atoms with Crippen LogP contribution in [-0.2, 0) is 25.6 Å². The molecule has 3 rings (SSSR count). The third-order valence-corrected chi connectivity index (χ3v) is 5.62. The Bertz CT molecular complexity index is 1020. The molecule has 32 heavy (non-hydrogen) atoms. The first-order valence-electron chi connectivity index (χ1n) is 10.3. The maximum atomic E-state index is 13.3. The molecular formula is C24H24BrNO6. The van der Waals surface area contributed by atoms with Gasteiger partial charge in [0.25, 0.3) is 0 Å². The number of halogens is 1. The molecule has 0 bridgehead atoms. The van der Waals surface area contributed by atoms with Crippen molar-refractivity contribution in [3.63, 3.8) is 0 Å². The highest BCUT2D eigenvalue weighted by Crippen LogP contribution is 2.34. The first-order chi connectivity index (χ1) is 15.5. The highest BCUT2D eigenvalue weighted by Gasteiger charge is 2.46. The van der Waals surface area contributed by atoms with Crippen LogP contribution in [0, 0.1) is 5.92 Å². The highest BCUT2D eigenvalue weighted by molar-refractivity contribution is 9.10. The molecule has 0 saturated heterocycles. The molecule has 0 saturated carbocycles. The van der Waals surface area contributed by atoms with Crippen LogP contribution in [0.15, 0.2) is 64.8 Å². The summed E-state index contributed by atoms with van der Waals surface area (Å²) in [6.07, 6.45) is 0.301. The fourth-order valence-corrected chi connectivity index (χ4v) is 3.78. The van der Waals surface area contributed by atoms with Crippen molar-refractivity contribution in [2.24, 2.45) is 5.92 Å². The highest BCUT2D eigenvalue weighted by atomic mass is 79.9. The molecule has 7 nitrogen and oxygen atoms in total. The van der Waals surface area contributed by atoms with Crippen LogP contribution in [-0.4, -0.2) is 37.0 Å². The molecule has 0 radical (unpaired) electrons. The number of carbonyl (C=O) groups is 3. The number of esters is 2. The van der Waals surface area contributed by atoms with Crippen molar-refractivity contribution >= 4 is 33.7 Å². The molecule has 1 aliphatic rings. The van der Waals surface area contributed by atoms with Crippen LogP contribution in [0.4, 0.5) is 0 Å². The third-order valence-electron chi connectivity index (χ3n) is 4.85. The molecule has 168 valence electrons. The fraction of sp³-hybridized carbons (Fsp3) is 0.292. The molecule has 0 spiro atoms. The number of rotatable bonds is 8. The summed E-state index contributed by atoms with van der Waals surface area (Å²) in [7, 11) is 0. The predicted octanol–water partition coefficient (Wildman–Crippen LogP) is 3.81. The Morgan fingerprint density at radius 2 is 1.69 bits per heavy atom. The maximum absolute atomic E-state index is 13.3. The zero-order valence-electron chi connectivity index (χ0n) is 17.8. The predicted molar refractivity (Wildman–Crippen MR) is 121 cm³/mol. The Hall–Kier alpha value is -3.13. The van der Waals surface area contributed by atoms with E-state index in [-0.39, 0.29) is 24.6 Å². The van der Waals surface area contributed by atoms with Gasteiger partial charge in [0, 0.05) is 17.2 Å². The van der Waals surface area contributed by atoms with Crippen molar-refractivity contribution in [1.29, 1.82) is 0 Å². The number of hydrogen-bond acceptors (Lipinski definition) is 7. The smallest absolute Gasteiger partial charge is 0.324 e. The number of hydrogen-bond donors (Lipinski definition) is 1. The number of para-hydroxylation sites is 1. The molecule has 1 heterocycles. The molecule has 1 atom stereocenters. The largest absolute Gasteiger partial charge is 0.483 e. The second-order valence-electron chi connectivity index (χ2n) is 6.92. The van der Waals surface area contributed by atoms with Crippen LogP contribution in [0.3, 0.4) is 0 Å². The zero-order chi connectivity index (χ0) is 23.1. The van der Waals surface area contributed by atoms with Gasteiger partial charge < -0.3 is 19.5 Å². The Morgan fingerprint density at radius 3 is 2.34 bits per heavy atom. The monoisotopic (exact) mass is 501 g/mol. The summed E-state index contributed by atoms with van der Waals surface area (Å²) in [5.41, 5.74) is 1.46. The van der Waals surface area contributed by atoms with Crippen LogP contribution in [0.25, 0.3) is 0 Å². The van der Waals surface area contributed by atoms with Gasteiger partial charge in [-0.3, -0.25) is 14.4 Å². The molecule has 0 aliphatic carbocycles. The minimum atomic E-state index is -1.44. The first kappa shape index (κ1) is 23.5. The van der Waals surface area contributed by atoms with Crippen molar-refractivity contribution in [1.82, 2.24) is 5.32 Å². The van der Waals surface area contributed by atoms with Crippen LogP contribution in [0.1, 0.15) is 29.8 Å². The lowest BCUT2D eigenvalue weighted by molar-refractivity contribution is -0.165. The van der Waals surface area contributed by atoms with Gasteiger partial charge in [-0.05, 0) is 37.6 Å². The number of fused-ring (bicyclic) bond motifs is 1. The summed E-state index contributed by atoms with van der Waals surface area (Å²) in [6.45, 7) is 3.84. The van der Waals surface area contributed by atoms with Crippen molar-refractivity contribution in [2.75, 3.05) is 13.2 Å². The van der Waals surface area contributed by atoms with Crippen LogP contribution < -0.4 is 10.1 Å². The quantitative estimate of drug-likeness (QED) is 0.334. The van der Waals surface area contributed by atoms with Crippen molar-refractivity contribution in [3.8, 4) is 5.75 Å². The Balaban J connectivity index is 1.99. The molecule has 2 aromatic rings. The molecule has 1 unspecified atom stereocenters. The summed E-state index contributed by atoms with van der Waals surface area (Å²) in [4.78, 5) is 38.7. The van der Waals surface area contributed by atoms with E-state index in [1.165, 1.54) is 6.20 Å². The van der Waals surface area contributed by atoms with Crippen LogP contribution in [0.5, 0.6) is 5.75 Å². The van der Waals surface area contributed by atoms with E-state index < -0.39 is 24.0 Å². The van der Waals surface area contributed by atoms with Gasteiger partial charge in [-0.1, -0.05) is 46.3 Å². The number of ether oxygens (including phenoxy) is 3. The van der Waals surface area contributed by atoms with E-state index in [0.717, 1.165) is 10.0 Å². The number of ketones is 1. The molecule has 1 aliphatic heterocycles. The molecule has 0 aromatic heterocycles. The van der Waals surface area contributed by atoms with E-state index in [0.29, 0.717) is 17.9 Å². The van der Waals surface area contributed by atoms with Gasteiger partial charge in [-0.15, -0.1) is 0 Å². The van der Waals surface area contributed by atoms with E-state index in [1.807, 2.05) is 24.3 Å². The second-order valence-corrected chi connectivity index (χ2v) is 7.77. The molecule has 2 aromatic carbocycles. The molecular weight excluding hydrogens is 478 g/mol. The summed E-state index contributed by atoms with van der Waals surface area (Å²) in [5, 5.41) is 3.10. The number of nitrogens with one attached hydrogen (secondary N) is 1. The molecule has 1 N–H and O–H groups in total. The van der Waals surface area contributed by atoms with E-state index in [4.69, 9.17) is 14.2 Å². The number of carbonyl (C=O) groups excluding carboxylic acids is 3. The van der Waals surface area contributed by atoms with Gasteiger partial charge >= 0.3 is 11.9 Å². The summed E-state index contributed by atoms with van der Waals surface area (Å²) >= 11 is 3.49. The van der Waals surface area contributed by atoms with Gasteiger partial charge in [0.2, 0.25) is 0 Å². The fourth-order valence-electron chi connectivity index (χ4n) is 3.36. The molecule has 8 heteroatoms. The normalized spacial score (nSPS) is 16.3. The van der Waals surface area contributed by atoms with Gasteiger partial charge in [0.15, 0.2) is 17.8 Å². The van der Waals surface area contributed by atoms with E-state index in [9.17, 15) is 14.4 Å². The number of benzene rings is 2. The summed E-state index contributed by atoms with van der Waals surface area (Å²) in [6, 6.07) is 14.4. The average Bonchev–Trinajstić information content (AvgIpc) is 2.77. The van der Waals surface area contributed by atoms with Gasteiger partial charge in [0.1, 0.15) is 5.75 Å². The topological polar surface area (TPSA) is 90.9 Å². The van der Waals surface area contributed by atoms with E-state index in [2.05, 4.69) is 21.2 Å². The van der Waals surface area contributed by atoms with Gasteiger partial charge in [-0.25, -0.2) is 0 Å². The minimum absolute atomic E-state index is 0.0747. The van der Waals surface area contributed by atoms with Crippen LogP contribution >= 0.6 is 15.9 Å². The van der Waals surface area contributed by atoms with Crippen molar-refractivity contribution in [3.05, 3.63) is 75.9 Å². The minimum Gasteiger partial charge on any atom is -0.483 e. The SMILES string of the molecule is CCOC(=O)C(C(=O)OCC)C1Oc2ccccc2C(=O)/C1=C\NCc1ccccc1Br. The lowest BCUT2D eigenvalue weighted by Gasteiger charge is -2.31.